The van der Waals surface area contributed by atoms with Crippen LogP contribution >= 0.6 is 0 Å². The summed E-state index contributed by atoms with van der Waals surface area (Å²) in [6.45, 7) is 5.89. The Morgan fingerprint density at radius 3 is 2.25 bits per heavy atom. The molecule has 0 atom stereocenters. The smallest absolute Gasteiger partial charge is 0.342 e. The molecule has 0 saturated carbocycles. The van der Waals surface area contributed by atoms with E-state index in [9.17, 15) is 14.7 Å². The van der Waals surface area contributed by atoms with Crippen LogP contribution < -0.4 is 5.56 Å². The number of carboxylic acids is 1. The largest absolute Gasteiger partial charge is 0.477 e. The molecule has 3 aromatic rings. The van der Waals surface area contributed by atoms with Crippen LogP contribution in [0.15, 0.2) is 41.2 Å². The predicted molar refractivity (Wildman–Crippen MR) is 95.8 cm³/mol. The molecule has 4 nitrogen and oxygen atoms in total. The second-order valence-corrected chi connectivity index (χ2v) is 6.19. The van der Waals surface area contributed by atoms with Gasteiger partial charge < -0.3 is 9.67 Å². The van der Waals surface area contributed by atoms with Crippen LogP contribution in [0.1, 0.15) is 27.0 Å². The van der Waals surface area contributed by atoms with Gasteiger partial charge in [0.15, 0.2) is 0 Å². The third kappa shape index (κ3) is 2.31. The molecule has 0 unspecified atom stereocenters. The maximum absolute atomic E-state index is 12.7. The number of carboxylic acid groups (broad SMARTS) is 1. The summed E-state index contributed by atoms with van der Waals surface area (Å²) < 4.78 is 1.42. The molecule has 0 radical (unpaired) electrons. The van der Waals surface area contributed by atoms with E-state index in [1.54, 1.807) is 7.05 Å². The molecule has 2 aromatic carbocycles. The average molecular weight is 321 g/mol. The predicted octanol–water partition coefficient (Wildman–Crippen LogP) is 3.83. The van der Waals surface area contributed by atoms with Gasteiger partial charge in [-0.3, -0.25) is 4.79 Å². The minimum absolute atomic E-state index is 0.178. The Morgan fingerprint density at radius 2 is 1.62 bits per heavy atom. The number of nitrogens with zero attached hydrogens (tertiary/aromatic N) is 1. The fraction of sp³-hybridized carbons (Fsp3) is 0.200. The highest BCUT2D eigenvalue weighted by molar-refractivity contribution is 6.07. The standard InChI is InChI=1S/C20H19NO3/c1-11-7-5-6-8-14(11)17-15-9-12(2)13(3)10-16(15)21(4)19(22)18(17)20(23)24/h5-10H,1-4H3,(H,23,24). The van der Waals surface area contributed by atoms with E-state index in [4.69, 9.17) is 0 Å². The van der Waals surface area contributed by atoms with E-state index < -0.39 is 11.5 Å². The van der Waals surface area contributed by atoms with Gasteiger partial charge in [0.2, 0.25) is 0 Å². The molecule has 0 bridgehead atoms. The van der Waals surface area contributed by atoms with Crippen LogP contribution in [-0.4, -0.2) is 15.6 Å². The van der Waals surface area contributed by atoms with Gasteiger partial charge in [-0.2, -0.15) is 0 Å². The minimum atomic E-state index is -1.20. The molecule has 0 aliphatic heterocycles. The quantitative estimate of drug-likeness (QED) is 0.780. The normalized spacial score (nSPS) is 11.0. The SMILES string of the molecule is Cc1cc2c(-c3ccccc3C)c(C(=O)O)c(=O)n(C)c2cc1C. The molecule has 1 N–H and O–H groups in total. The van der Waals surface area contributed by atoms with Crippen LogP contribution in [0, 0.1) is 20.8 Å². The number of carbonyl (C=O) groups is 1. The van der Waals surface area contributed by atoms with Crippen LogP contribution in [0.25, 0.3) is 22.0 Å². The van der Waals surface area contributed by atoms with Gasteiger partial charge in [0.1, 0.15) is 5.56 Å². The molecular weight excluding hydrogens is 302 g/mol. The Bertz CT molecular complexity index is 1040. The van der Waals surface area contributed by atoms with Gasteiger partial charge in [0.25, 0.3) is 5.56 Å². The summed E-state index contributed by atoms with van der Waals surface area (Å²) in [5.41, 5.74) is 4.42. The lowest BCUT2D eigenvalue weighted by Gasteiger charge is -2.17. The fourth-order valence-electron chi connectivity index (χ4n) is 3.13. The molecule has 1 aromatic heterocycles. The van der Waals surface area contributed by atoms with Crippen LogP contribution in [0.3, 0.4) is 0 Å². The Morgan fingerprint density at radius 1 is 1.00 bits per heavy atom. The number of aromatic carboxylic acids is 1. The van der Waals surface area contributed by atoms with Crippen LogP contribution in [0.5, 0.6) is 0 Å². The molecule has 0 amide bonds. The Kier molecular flexibility index (Phi) is 3.76. The molecule has 0 aliphatic rings. The van der Waals surface area contributed by atoms with E-state index in [2.05, 4.69) is 0 Å². The van der Waals surface area contributed by atoms with Crippen LogP contribution in [0.4, 0.5) is 0 Å². The number of aromatic nitrogens is 1. The first-order valence-electron chi connectivity index (χ1n) is 7.76. The van der Waals surface area contributed by atoms with Gasteiger partial charge in [0, 0.05) is 18.0 Å². The first-order valence-corrected chi connectivity index (χ1v) is 7.76. The lowest BCUT2D eigenvalue weighted by molar-refractivity contribution is 0.0695. The summed E-state index contributed by atoms with van der Waals surface area (Å²) >= 11 is 0. The van der Waals surface area contributed by atoms with Crippen molar-refractivity contribution in [1.82, 2.24) is 4.57 Å². The number of hydrogen-bond donors (Lipinski definition) is 1. The van der Waals surface area contributed by atoms with Crippen molar-refractivity contribution in [3.05, 3.63) is 69.0 Å². The van der Waals surface area contributed by atoms with E-state index in [-0.39, 0.29) is 5.56 Å². The van der Waals surface area contributed by atoms with E-state index in [0.717, 1.165) is 33.2 Å². The highest BCUT2D eigenvalue weighted by Crippen LogP contribution is 2.33. The van der Waals surface area contributed by atoms with Crippen molar-refractivity contribution in [3.63, 3.8) is 0 Å². The molecule has 0 spiro atoms. The van der Waals surface area contributed by atoms with Crippen molar-refractivity contribution in [1.29, 1.82) is 0 Å². The van der Waals surface area contributed by atoms with Crippen molar-refractivity contribution in [2.24, 2.45) is 7.05 Å². The van der Waals surface area contributed by atoms with Gasteiger partial charge >= 0.3 is 5.97 Å². The Hall–Kier alpha value is -2.88. The molecular formula is C20H19NO3. The molecule has 3 rings (SSSR count). The van der Waals surface area contributed by atoms with Crippen LogP contribution in [-0.2, 0) is 7.05 Å². The van der Waals surface area contributed by atoms with Crippen molar-refractivity contribution in [2.45, 2.75) is 20.8 Å². The molecule has 0 aliphatic carbocycles. The number of hydrogen-bond acceptors (Lipinski definition) is 2. The zero-order valence-electron chi connectivity index (χ0n) is 14.2. The summed E-state index contributed by atoms with van der Waals surface area (Å²) in [5, 5.41) is 10.5. The lowest BCUT2D eigenvalue weighted by atomic mass is 9.91. The Labute approximate surface area is 140 Å². The van der Waals surface area contributed by atoms with Gasteiger partial charge in [-0.1, -0.05) is 24.3 Å². The lowest BCUT2D eigenvalue weighted by Crippen LogP contribution is -2.26. The highest BCUT2D eigenvalue weighted by atomic mass is 16.4. The van der Waals surface area contributed by atoms with Gasteiger partial charge in [-0.25, -0.2) is 4.79 Å². The molecule has 0 fully saturated rings. The topological polar surface area (TPSA) is 59.3 Å². The van der Waals surface area contributed by atoms with Gasteiger partial charge in [-0.15, -0.1) is 0 Å². The highest BCUT2D eigenvalue weighted by Gasteiger charge is 2.23. The second kappa shape index (κ2) is 5.64. The van der Waals surface area contributed by atoms with Gasteiger partial charge in [-0.05, 0) is 55.2 Å². The van der Waals surface area contributed by atoms with E-state index in [1.165, 1.54) is 4.57 Å². The van der Waals surface area contributed by atoms with Crippen molar-refractivity contribution in [3.8, 4) is 11.1 Å². The number of fused-ring (bicyclic) bond motifs is 1. The maximum Gasteiger partial charge on any atom is 0.342 e. The molecule has 4 heteroatoms. The first-order chi connectivity index (χ1) is 11.3. The third-order valence-corrected chi connectivity index (χ3v) is 4.64. The monoisotopic (exact) mass is 321 g/mol. The third-order valence-electron chi connectivity index (χ3n) is 4.64. The van der Waals surface area contributed by atoms with Crippen molar-refractivity contribution in [2.75, 3.05) is 0 Å². The van der Waals surface area contributed by atoms with E-state index in [1.807, 2.05) is 57.2 Å². The zero-order valence-corrected chi connectivity index (χ0v) is 14.2. The maximum atomic E-state index is 12.7. The summed E-state index contributed by atoms with van der Waals surface area (Å²) in [7, 11) is 1.62. The number of pyridine rings is 1. The molecule has 1 heterocycles. The van der Waals surface area contributed by atoms with Crippen molar-refractivity contribution < 1.29 is 9.90 Å². The van der Waals surface area contributed by atoms with E-state index in [0.29, 0.717) is 5.56 Å². The van der Waals surface area contributed by atoms with E-state index >= 15 is 0 Å². The van der Waals surface area contributed by atoms with Gasteiger partial charge in [0.05, 0.1) is 5.52 Å². The number of benzene rings is 2. The van der Waals surface area contributed by atoms with Crippen molar-refractivity contribution >= 4 is 16.9 Å². The summed E-state index contributed by atoms with van der Waals surface area (Å²) in [6, 6.07) is 11.5. The first kappa shape index (κ1) is 16.0. The summed E-state index contributed by atoms with van der Waals surface area (Å²) in [6.07, 6.45) is 0. The molecule has 122 valence electrons. The number of rotatable bonds is 2. The second-order valence-electron chi connectivity index (χ2n) is 6.19. The zero-order chi connectivity index (χ0) is 17.6. The number of aryl methyl sites for hydroxylation is 4. The van der Waals surface area contributed by atoms with Crippen LogP contribution in [0.2, 0.25) is 0 Å². The summed E-state index contributed by atoms with van der Waals surface area (Å²) in [4.78, 5) is 24.6. The molecule has 0 saturated heterocycles. The summed E-state index contributed by atoms with van der Waals surface area (Å²) in [5.74, 6) is -1.20. The fourth-order valence-corrected chi connectivity index (χ4v) is 3.13. The minimum Gasteiger partial charge on any atom is -0.477 e. The Balaban J connectivity index is 2.64. The average Bonchev–Trinajstić information content (AvgIpc) is 2.53. The molecule has 24 heavy (non-hydrogen) atoms.